The average molecular weight is 423 g/mol. The number of nitrogens with one attached hydrogen (secondary N) is 1. The lowest BCUT2D eigenvalue weighted by atomic mass is 10.0. The molecule has 0 spiro atoms. The van der Waals surface area contributed by atoms with Gasteiger partial charge in [0.05, 0.1) is 16.6 Å². The second-order valence-electron chi connectivity index (χ2n) is 7.13. The summed E-state index contributed by atoms with van der Waals surface area (Å²) in [5.74, 6) is -0.238. The van der Waals surface area contributed by atoms with Crippen LogP contribution in [0.4, 0.5) is 5.69 Å². The van der Waals surface area contributed by atoms with Crippen LogP contribution >= 0.6 is 0 Å². The van der Waals surface area contributed by atoms with Crippen LogP contribution in [0, 0.1) is 6.92 Å². The predicted octanol–water partition coefficient (Wildman–Crippen LogP) is 4.70. The third kappa shape index (κ3) is 4.54. The molecule has 6 heteroatoms. The van der Waals surface area contributed by atoms with Gasteiger partial charge in [-0.05, 0) is 48.7 Å². The molecule has 0 fully saturated rings. The van der Waals surface area contributed by atoms with Crippen LogP contribution in [0.3, 0.4) is 0 Å². The molecule has 0 radical (unpaired) electrons. The smallest absolute Gasteiger partial charge is 0.264 e. The Morgan fingerprint density at radius 1 is 0.967 bits per heavy atom. The third-order valence-corrected chi connectivity index (χ3v) is 6.91. The van der Waals surface area contributed by atoms with Crippen molar-refractivity contribution in [3.63, 3.8) is 0 Å². The number of anilines is 1. The summed E-state index contributed by atoms with van der Waals surface area (Å²) in [5, 5.41) is 3.05. The zero-order chi connectivity index (χ0) is 21.7. The fourth-order valence-corrected chi connectivity index (χ4v) is 4.59. The third-order valence-electron chi connectivity index (χ3n) is 5.13. The molecule has 1 unspecified atom stereocenters. The average Bonchev–Trinajstić information content (AvgIpc) is 2.78. The second kappa shape index (κ2) is 9.13. The van der Waals surface area contributed by atoms with Crippen molar-refractivity contribution in [3.8, 4) is 0 Å². The number of benzene rings is 3. The van der Waals surface area contributed by atoms with Gasteiger partial charge in [-0.25, -0.2) is 8.42 Å². The molecule has 1 amide bonds. The fraction of sp³-hybridized carbons (Fsp3) is 0.208. The van der Waals surface area contributed by atoms with Gasteiger partial charge < -0.3 is 5.32 Å². The van der Waals surface area contributed by atoms with Gasteiger partial charge in [0.25, 0.3) is 15.9 Å². The minimum atomic E-state index is -3.73. The fourth-order valence-electron chi connectivity index (χ4n) is 3.32. The standard InChI is InChI=1S/C24H26N2O3S/c1-4-22(19-11-7-5-8-12-19)25-24(27)20-16-15-18(2)23(17-20)26(3)30(28,29)21-13-9-6-10-14-21/h5-17,22H,4H2,1-3H3,(H,25,27). The molecule has 0 bridgehead atoms. The Bertz CT molecular complexity index is 1110. The Labute approximate surface area is 178 Å². The van der Waals surface area contributed by atoms with Crippen LogP contribution < -0.4 is 9.62 Å². The SMILES string of the molecule is CCC(NC(=O)c1ccc(C)c(N(C)S(=O)(=O)c2ccccc2)c1)c1ccccc1. The van der Waals surface area contributed by atoms with Crippen LogP contribution in [0.15, 0.2) is 83.8 Å². The van der Waals surface area contributed by atoms with Gasteiger partial charge in [-0.3, -0.25) is 9.10 Å². The molecular weight excluding hydrogens is 396 g/mol. The maximum atomic E-state index is 13.0. The number of rotatable bonds is 7. The van der Waals surface area contributed by atoms with E-state index in [4.69, 9.17) is 0 Å². The van der Waals surface area contributed by atoms with Crippen molar-refractivity contribution in [3.05, 3.63) is 95.6 Å². The number of hydrogen-bond acceptors (Lipinski definition) is 3. The monoisotopic (exact) mass is 422 g/mol. The van der Waals surface area contributed by atoms with E-state index in [2.05, 4.69) is 5.32 Å². The summed E-state index contributed by atoms with van der Waals surface area (Å²) in [7, 11) is -2.22. The van der Waals surface area contributed by atoms with Crippen molar-refractivity contribution in [1.29, 1.82) is 0 Å². The number of carbonyl (C=O) groups is 1. The molecule has 1 atom stereocenters. The molecule has 3 aromatic carbocycles. The largest absolute Gasteiger partial charge is 0.345 e. The van der Waals surface area contributed by atoms with E-state index in [1.165, 1.54) is 11.4 Å². The minimum absolute atomic E-state index is 0.116. The van der Waals surface area contributed by atoms with Crippen LogP contribution in [-0.4, -0.2) is 21.4 Å². The van der Waals surface area contributed by atoms with Gasteiger partial charge in [0.1, 0.15) is 0 Å². The van der Waals surface area contributed by atoms with E-state index in [0.29, 0.717) is 11.3 Å². The van der Waals surface area contributed by atoms with Crippen molar-refractivity contribution in [2.75, 3.05) is 11.4 Å². The first-order chi connectivity index (χ1) is 14.3. The zero-order valence-corrected chi connectivity index (χ0v) is 18.2. The normalized spacial score (nSPS) is 12.2. The molecular formula is C24H26N2O3S. The Kier molecular flexibility index (Phi) is 6.57. The Morgan fingerprint density at radius 2 is 1.57 bits per heavy atom. The Hall–Kier alpha value is -3.12. The molecule has 1 N–H and O–H groups in total. The summed E-state index contributed by atoms with van der Waals surface area (Å²) < 4.78 is 27.2. The molecule has 0 saturated carbocycles. The summed E-state index contributed by atoms with van der Waals surface area (Å²) in [6, 6.07) is 23.0. The van der Waals surface area contributed by atoms with Gasteiger partial charge in [-0.2, -0.15) is 0 Å². The molecule has 156 valence electrons. The highest BCUT2D eigenvalue weighted by atomic mass is 32.2. The van der Waals surface area contributed by atoms with E-state index in [1.54, 1.807) is 48.5 Å². The topological polar surface area (TPSA) is 66.5 Å². The first-order valence-corrected chi connectivity index (χ1v) is 11.3. The van der Waals surface area contributed by atoms with Crippen LogP contribution in [0.1, 0.15) is 40.9 Å². The summed E-state index contributed by atoms with van der Waals surface area (Å²) >= 11 is 0. The highest BCUT2D eigenvalue weighted by molar-refractivity contribution is 7.92. The summed E-state index contributed by atoms with van der Waals surface area (Å²) in [6.07, 6.45) is 0.747. The van der Waals surface area contributed by atoms with E-state index in [1.807, 2.05) is 44.2 Å². The molecule has 0 aromatic heterocycles. The highest BCUT2D eigenvalue weighted by Crippen LogP contribution is 2.27. The van der Waals surface area contributed by atoms with E-state index >= 15 is 0 Å². The van der Waals surface area contributed by atoms with E-state index in [0.717, 1.165) is 17.5 Å². The Balaban J connectivity index is 1.88. The molecule has 0 aliphatic rings. The number of sulfonamides is 1. The first-order valence-electron chi connectivity index (χ1n) is 9.85. The van der Waals surface area contributed by atoms with Gasteiger partial charge in [-0.15, -0.1) is 0 Å². The molecule has 3 aromatic rings. The zero-order valence-electron chi connectivity index (χ0n) is 17.4. The molecule has 3 rings (SSSR count). The van der Waals surface area contributed by atoms with Crippen molar-refractivity contribution in [2.45, 2.75) is 31.2 Å². The lowest BCUT2D eigenvalue weighted by Crippen LogP contribution is -2.30. The summed E-state index contributed by atoms with van der Waals surface area (Å²) in [5.41, 5.74) is 2.69. The quantitative estimate of drug-likeness (QED) is 0.600. The molecule has 0 aliphatic carbocycles. The lowest BCUT2D eigenvalue weighted by Gasteiger charge is -2.23. The lowest BCUT2D eigenvalue weighted by molar-refractivity contribution is 0.0935. The van der Waals surface area contributed by atoms with Gasteiger partial charge >= 0.3 is 0 Å². The highest BCUT2D eigenvalue weighted by Gasteiger charge is 2.23. The minimum Gasteiger partial charge on any atom is -0.345 e. The molecule has 0 saturated heterocycles. The maximum Gasteiger partial charge on any atom is 0.264 e. The summed E-state index contributed by atoms with van der Waals surface area (Å²) in [6.45, 7) is 3.84. The van der Waals surface area contributed by atoms with Crippen molar-refractivity contribution < 1.29 is 13.2 Å². The van der Waals surface area contributed by atoms with E-state index in [-0.39, 0.29) is 16.8 Å². The van der Waals surface area contributed by atoms with Crippen molar-refractivity contribution in [2.24, 2.45) is 0 Å². The molecule has 5 nitrogen and oxygen atoms in total. The Morgan fingerprint density at radius 3 is 2.17 bits per heavy atom. The molecule has 30 heavy (non-hydrogen) atoms. The van der Waals surface area contributed by atoms with Crippen LogP contribution in [0.5, 0.6) is 0 Å². The van der Waals surface area contributed by atoms with Gasteiger partial charge in [-0.1, -0.05) is 61.5 Å². The van der Waals surface area contributed by atoms with Gasteiger partial charge in [0, 0.05) is 12.6 Å². The van der Waals surface area contributed by atoms with E-state index in [9.17, 15) is 13.2 Å². The summed E-state index contributed by atoms with van der Waals surface area (Å²) in [4.78, 5) is 13.1. The first kappa shape index (κ1) is 21.6. The van der Waals surface area contributed by atoms with Gasteiger partial charge in [0.15, 0.2) is 0 Å². The van der Waals surface area contributed by atoms with Crippen LogP contribution in [0.2, 0.25) is 0 Å². The van der Waals surface area contributed by atoms with Gasteiger partial charge in [0.2, 0.25) is 0 Å². The molecule has 0 aliphatic heterocycles. The predicted molar refractivity (Wildman–Crippen MR) is 120 cm³/mol. The number of nitrogens with zero attached hydrogens (tertiary/aromatic N) is 1. The second-order valence-corrected chi connectivity index (χ2v) is 9.10. The number of aryl methyl sites for hydroxylation is 1. The number of hydrogen-bond donors (Lipinski definition) is 1. The maximum absolute atomic E-state index is 13.0. The van der Waals surface area contributed by atoms with Crippen LogP contribution in [0.25, 0.3) is 0 Å². The van der Waals surface area contributed by atoms with Crippen molar-refractivity contribution in [1.82, 2.24) is 5.32 Å². The number of amides is 1. The van der Waals surface area contributed by atoms with Crippen molar-refractivity contribution >= 4 is 21.6 Å². The molecule has 0 heterocycles. The van der Waals surface area contributed by atoms with E-state index < -0.39 is 10.0 Å². The van der Waals surface area contributed by atoms with Crippen LogP contribution in [-0.2, 0) is 10.0 Å². The number of carbonyl (C=O) groups excluding carboxylic acids is 1.